The van der Waals surface area contributed by atoms with Crippen molar-refractivity contribution in [3.63, 3.8) is 0 Å². The van der Waals surface area contributed by atoms with Crippen molar-refractivity contribution in [2.75, 3.05) is 19.6 Å². The first-order chi connectivity index (χ1) is 10.0. The van der Waals surface area contributed by atoms with Crippen LogP contribution >= 0.6 is 23.5 Å². The Balaban J connectivity index is 0.000000211. The molecule has 0 aliphatic carbocycles. The third-order valence-electron chi connectivity index (χ3n) is 2.51. The van der Waals surface area contributed by atoms with Gasteiger partial charge in [0.2, 0.25) is 0 Å². The Bertz CT molecular complexity index is 592. The fraction of sp³-hybridized carbons (Fsp3) is 0.200. The van der Waals surface area contributed by atoms with Crippen molar-refractivity contribution < 1.29 is 18.6 Å². The summed E-state index contributed by atoms with van der Waals surface area (Å²) >= 11 is 2.95. The fourth-order valence-corrected chi connectivity index (χ4v) is 2.24. The van der Waals surface area contributed by atoms with E-state index in [1.54, 1.807) is 12.1 Å². The van der Waals surface area contributed by atoms with Crippen LogP contribution in [0.25, 0.3) is 0 Å². The van der Waals surface area contributed by atoms with E-state index in [2.05, 4.69) is 0 Å². The van der Waals surface area contributed by atoms with Gasteiger partial charge in [0.25, 0.3) is 0 Å². The Hall–Kier alpha value is -1.40. The minimum Gasteiger partial charge on any atom is -0.505 e. The molecule has 2 nitrogen and oxygen atoms in total. The number of methoxy groups -OCH3 is 1. The zero-order valence-electron chi connectivity index (χ0n) is 11.9. The molecule has 0 spiro atoms. The topological polar surface area (TPSA) is 29.5 Å². The van der Waals surface area contributed by atoms with E-state index in [0.29, 0.717) is 5.75 Å². The summed E-state index contributed by atoms with van der Waals surface area (Å²) in [6.07, 6.45) is 3.76. The van der Waals surface area contributed by atoms with Crippen LogP contribution in [0, 0.1) is 11.6 Å². The lowest BCUT2D eigenvalue weighted by Crippen LogP contribution is -1.87. The normalized spacial score (nSPS) is 9.76. The lowest BCUT2D eigenvalue weighted by molar-refractivity contribution is 0.385. The number of phenols is 1. The monoisotopic (exact) mass is 330 g/mol. The van der Waals surface area contributed by atoms with Crippen LogP contribution in [0.4, 0.5) is 8.78 Å². The fourth-order valence-electron chi connectivity index (χ4n) is 1.39. The summed E-state index contributed by atoms with van der Waals surface area (Å²) in [7, 11) is 1.46. The summed E-state index contributed by atoms with van der Waals surface area (Å²) in [4.78, 5) is 1.72. The highest BCUT2D eigenvalue weighted by molar-refractivity contribution is 7.98. The van der Waals surface area contributed by atoms with E-state index in [0.717, 1.165) is 9.79 Å². The SMILES string of the molecule is COc1ccc(SC)cc1F.CSc1ccc(O)c(F)c1. The molecule has 0 saturated carbocycles. The van der Waals surface area contributed by atoms with Crippen LogP contribution in [-0.2, 0) is 0 Å². The number of aromatic hydroxyl groups is 1. The molecule has 0 aliphatic heterocycles. The Morgan fingerprint density at radius 3 is 1.86 bits per heavy atom. The highest BCUT2D eigenvalue weighted by Crippen LogP contribution is 2.23. The van der Waals surface area contributed by atoms with Crippen LogP contribution in [0.1, 0.15) is 0 Å². The minimum absolute atomic E-state index is 0.294. The van der Waals surface area contributed by atoms with Gasteiger partial charge in [-0.2, -0.15) is 0 Å². The van der Waals surface area contributed by atoms with Gasteiger partial charge in [-0.1, -0.05) is 0 Å². The van der Waals surface area contributed by atoms with Crippen LogP contribution in [0.5, 0.6) is 11.5 Å². The molecule has 0 aromatic heterocycles. The minimum atomic E-state index is -0.563. The molecule has 1 N–H and O–H groups in total. The van der Waals surface area contributed by atoms with E-state index < -0.39 is 5.82 Å². The standard InChI is InChI=1S/C8H9FOS.C7H7FOS/c1-10-8-4-3-6(11-2)5-7(8)9;1-10-5-2-3-7(9)6(8)4-5/h3-5H,1-2H3;2-4,9H,1H3. The second kappa shape index (κ2) is 8.79. The third kappa shape index (κ3) is 5.47. The number of rotatable bonds is 3. The van der Waals surface area contributed by atoms with Crippen molar-refractivity contribution in [3.8, 4) is 11.5 Å². The molecule has 0 unspecified atom stereocenters. The van der Waals surface area contributed by atoms with Crippen LogP contribution in [0.15, 0.2) is 46.2 Å². The van der Waals surface area contributed by atoms with Crippen LogP contribution < -0.4 is 4.74 Å². The maximum atomic E-state index is 12.9. The van der Waals surface area contributed by atoms with E-state index in [-0.39, 0.29) is 11.6 Å². The van der Waals surface area contributed by atoms with Crippen molar-refractivity contribution in [2.24, 2.45) is 0 Å². The Kier molecular flexibility index (Phi) is 7.39. The van der Waals surface area contributed by atoms with Gasteiger partial charge in [-0.15, -0.1) is 23.5 Å². The number of ether oxygens (including phenoxy) is 1. The third-order valence-corrected chi connectivity index (χ3v) is 3.96. The maximum absolute atomic E-state index is 12.9. The first-order valence-electron chi connectivity index (χ1n) is 5.91. The number of thioether (sulfide) groups is 2. The lowest BCUT2D eigenvalue weighted by atomic mass is 10.3. The summed E-state index contributed by atoms with van der Waals surface area (Å²) in [6.45, 7) is 0. The van der Waals surface area contributed by atoms with Crippen LogP contribution in [0.2, 0.25) is 0 Å². The number of benzene rings is 2. The van der Waals surface area contributed by atoms with E-state index in [1.165, 1.54) is 48.8 Å². The average Bonchev–Trinajstić information content (AvgIpc) is 2.50. The van der Waals surface area contributed by atoms with Crippen molar-refractivity contribution in [3.05, 3.63) is 48.0 Å². The van der Waals surface area contributed by atoms with Gasteiger partial charge in [-0.25, -0.2) is 8.78 Å². The lowest BCUT2D eigenvalue weighted by Gasteiger charge is -2.01. The molecule has 0 aliphatic rings. The summed E-state index contributed by atoms with van der Waals surface area (Å²) in [6, 6.07) is 9.24. The first-order valence-corrected chi connectivity index (χ1v) is 8.36. The molecule has 2 rings (SSSR count). The average molecular weight is 330 g/mol. The van der Waals surface area contributed by atoms with Gasteiger partial charge in [0.15, 0.2) is 23.1 Å². The van der Waals surface area contributed by atoms with Gasteiger partial charge in [-0.3, -0.25) is 0 Å². The van der Waals surface area contributed by atoms with Gasteiger partial charge in [-0.05, 0) is 48.9 Å². The summed E-state index contributed by atoms with van der Waals surface area (Å²) < 4.78 is 30.2. The molecule has 0 fully saturated rings. The van der Waals surface area contributed by atoms with E-state index >= 15 is 0 Å². The smallest absolute Gasteiger partial charge is 0.166 e. The molecule has 0 bridgehead atoms. The van der Waals surface area contributed by atoms with Gasteiger partial charge in [0.05, 0.1) is 7.11 Å². The number of phenolic OH excluding ortho intramolecular Hbond substituents is 1. The number of hydrogen-bond donors (Lipinski definition) is 1. The second-order valence-corrected chi connectivity index (χ2v) is 5.58. The molecule has 0 heterocycles. The van der Waals surface area contributed by atoms with Crippen LogP contribution in [-0.4, -0.2) is 24.7 Å². The molecule has 114 valence electrons. The zero-order chi connectivity index (χ0) is 15.8. The molecule has 0 amide bonds. The molecule has 0 saturated heterocycles. The molecule has 0 radical (unpaired) electrons. The predicted octanol–water partition coefficient (Wildman–Crippen LogP) is 4.81. The van der Waals surface area contributed by atoms with Crippen molar-refractivity contribution in [1.82, 2.24) is 0 Å². The zero-order valence-corrected chi connectivity index (χ0v) is 13.5. The van der Waals surface area contributed by atoms with Crippen molar-refractivity contribution >= 4 is 23.5 Å². The number of hydrogen-bond acceptors (Lipinski definition) is 4. The van der Waals surface area contributed by atoms with E-state index in [1.807, 2.05) is 18.6 Å². The summed E-state index contributed by atoms with van der Waals surface area (Å²) in [5.41, 5.74) is 0. The molecular formula is C15H16F2O2S2. The number of halogens is 2. The van der Waals surface area contributed by atoms with Gasteiger partial charge < -0.3 is 9.84 Å². The highest BCUT2D eigenvalue weighted by Gasteiger charge is 2.01. The maximum Gasteiger partial charge on any atom is 0.166 e. The van der Waals surface area contributed by atoms with E-state index in [4.69, 9.17) is 9.84 Å². The first kappa shape index (κ1) is 17.7. The Labute approximate surface area is 131 Å². The Morgan fingerprint density at radius 1 is 0.905 bits per heavy atom. The highest BCUT2D eigenvalue weighted by atomic mass is 32.2. The molecule has 2 aromatic rings. The quantitative estimate of drug-likeness (QED) is 0.818. The second-order valence-electron chi connectivity index (χ2n) is 3.82. The molecule has 2 aromatic carbocycles. The molecule has 6 heteroatoms. The molecule has 0 atom stereocenters. The molecule has 21 heavy (non-hydrogen) atoms. The van der Waals surface area contributed by atoms with E-state index in [9.17, 15) is 8.78 Å². The van der Waals surface area contributed by atoms with Gasteiger partial charge in [0.1, 0.15) is 0 Å². The summed E-state index contributed by atoms with van der Waals surface area (Å²) in [5, 5.41) is 8.75. The van der Waals surface area contributed by atoms with Gasteiger partial charge >= 0.3 is 0 Å². The molecular weight excluding hydrogens is 314 g/mol. The Morgan fingerprint density at radius 2 is 1.43 bits per heavy atom. The summed E-state index contributed by atoms with van der Waals surface area (Å²) in [5.74, 6) is -0.869. The largest absolute Gasteiger partial charge is 0.505 e. The van der Waals surface area contributed by atoms with Crippen molar-refractivity contribution in [2.45, 2.75) is 9.79 Å². The van der Waals surface area contributed by atoms with Gasteiger partial charge in [0, 0.05) is 9.79 Å². The predicted molar refractivity (Wildman–Crippen MR) is 84.6 cm³/mol. The van der Waals surface area contributed by atoms with Crippen LogP contribution in [0.3, 0.4) is 0 Å². The van der Waals surface area contributed by atoms with Crippen molar-refractivity contribution in [1.29, 1.82) is 0 Å².